The normalized spacial score (nSPS) is 13.1. The number of aromatic nitrogens is 2. The molecular weight excluding hydrogens is 544 g/mol. The van der Waals surface area contributed by atoms with Crippen molar-refractivity contribution in [3.8, 4) is 0 Å². The van der Waals surface area contributed by atoms with Gasteiger partial charge in [0.05, 0.1) is 0 Å². The number of nitrogens with zero attached hydrogens (tertiary/aromatic N) is 4. The third-order valence-electron chi connectivity index (χ3n) is 6.94. The molecule has 1 heterocycles. The molecule has 0 aliphatic heterocycles. The lowest BCUT2D eigenvalue weighted by atomic mass is 9.99. The predicted molar refractivity (Wildman–Crippen MR) is 165 cm³/mol. The number of likely N-dealkylation sites (N-methyl/N-ethyl adjacent to an activating group) is 1. The van der Waals surface area contributed by atoms with Gasteiger partial charge in [0.2, 0.25) is 17.7 Å². The second-order valence-electron chi connectivity index (χ2n) is 11.4. The first kappa shape index (κ1) is 31.1. The summed E-state index contributed by atoms with van der Waals surface area (Å²) in [6.45, 7) is 3.55. The number of hydrogen-bond acceptors (Lipinski definition) is 7. The average molecular weight is 583 g/mol. The number of fused-ring (bicyclic) bond motifs is 1. The Morgan fingerprint density at radius 1 is 0.930 bits per heavy atom. The van der Waals surface area contributed by atoms with Crippen molar-refractivity contribution in [2.24, 2.45) is 5.73 Å². The van der Waals surface area contributed by atoms with E-state index in [1.54, 1.807) is 41.1 Å². The zero-order chi connectivity index (χ0) is 31.1. The number of hydrogen-bond donors (Lipinski definition) is 2. The molecule has 0 aliphatic carbocycles. The monoisotopic (exact) mass is 582 g/mol. The fourth-order valence-electron chi connectivity index (χ4n) is 4.60. The van der Waals surface area contributed by atoms with E-state index in [1.165, 1.54) is 15.9 Å². The van der Waals surface area contributed by atoms with Gasteiger partial charge in [-0.25, -0.2) is 0 Å². The fourth-order valence-corrected chi connectivity index (χ4v) is 4.60. The summed E-state index contributed by atoms with van der Waals surface area (Å²) in [6.07, 6.45) is 3.52. The summed E-state index contributed by atoms with van der Waals surface area (Å²) in [5.41, 5.74) is 7.13. The molecule has 224 valence electrons. The molecule has 0 saturated carbocycles. The van der Waals surface area contributed by atoms with Gasteiger partial charge in [-0.1, -0.05) is 84.0 Å². The summed E-state index contributed by atoms with van der Waals surface area (Å²) >= 11 is 0. The van der Waals surface area contributed by atoms with Gasteiger partial charge in [0.1, 0.15) is 12.1 Å². The molecule has 43 heavy (non-hydrogen) atoms. The van der Waals surface area contributed by atoms with Crippen molar-refractivity contribution in [1.29, 1.82) is 0 Å². The van der Waals surface area contributed by atoms with Crippen LogP contribution in [0, 0.1) is 0 Å². The highest BCUT2D eigenvalue weighted by atomic mass is 16.5. The van der Waals surface area contributed by atoms with Gasteiger partial charge < -0.3 is 25.4 Å². The van der Waals surface area contributed by atoms with Crippen LogP contribution in [0.2, 0.25) is 0 Å². The maximum absolute atomic E-state index is 14.2. The Bertz CT molecular complexity index is 1610. The number of benzene rings is 3. The number of carbonyl (C=O) groups is 3. The van der Waals surface area contributed by atoms with Gasteiger partial charge in [0.15, 0.2) is 0 Å². The van der Waals surface area contributed by atoms with E-state index in [0.29, 0.717) is 6.42 Å². The van der Waals surface area contributed by atoms with Crippen molar-refractivity contribution in [2.75, 3.05) is 21.1 Å². The van der Waals surface area contributed by atoms with E-state index >= 15 is 0 Å². The summed E-state index contributed by atoms with van der Waals surface area (Å²) in [6, 6.07) is 21.8. The first-order valence-corrected chi connectivity index (χ1v) is 14.0. The maximum atomic E-state index is 14.2. The van der Waals surface area contributed by atoms with Crippen LogP contribution in [0.5, 0.6) is 0 Å². The van der Waals surface area contributed by atoms with Crippen LogP contribution in [0.1, 0.15) is 47.5 Å². The molecule has 2 atom stereocenters. The average Bonchev–Trinajstić information content (AvgIpc) is 3.47. The Balaban J connectivity index is 1.68. The van der Waals surface area contributed by atoms with E-state index in [-0.39, 0.29) is 24.0 Å². The Labute approximate surface area is 251 Å². The van der Waals surface area contributed by atoms with Gasteiger partial charge in [-0.05, 0) is 35.7 Å². The fraction of sp³-hybridized carbons (Fsp3) is 0.303. The minimum Gasteiger partial charge on any atom is -0.342 e. The largest absolute Gasteiger partial charge is 0.342 e. The molecule has 0 saturated heterocycles. The zero-order valence-corrected chi connectivity index (χ0v) is 25.2. The SMILES string of the molecule is CN(C)C(=O)c1noc(C(Cc2ccccc2)N(C)C(=O)[C@@H](Cc2ccc3ccccc3c2)NC(=O)/C=C/C(C)(C)N)n1. The van der Waals surface area contributed by atoms with Crippen molar-refractivity contribution in [2.45, 2.75) is 44.3 Å². The van der Waals surface area contributed by atoms with Gasteiger partial charge in [-0.3, -0.25) is 14.4 Å². The van der Waals surface area contributed by atoms with Crippen LogP contribution in [0.15, 0.2) is 89.5 Å². The molecule has 0 radical (unpaired) electrons. The number of nitrogens with two attached hydrogens (primary N) is 1. The topological polar surface area (TPSA) is 135 Å². The van der Waals surface area contributed by atoms with Crippen molar-refractivity contribution in [1.82, 2.24) is 25.3 Å². The van der Waals surface area contributed by atoms with Crippen LogP contribution in [0.25, 0.3) is 10.8 Å². The molecule has 10 heteroatoms. The predicted octanol–water partition coefficient (Wildman–Crippen LogP) is 3.69. The summed E-state index contributed by atoms with van der Waals surface area (Å²) in [5.74, 6) is -1.21. The highest BCUT2D eigenvalue weighted by Crippen LogP contribution is 2.25. The quantitative estimate of drug-likeness (QED) is 0.258. The molecule has 0 bridgehead atoms. The molecule has 10 nitrogen and oxygen atoms in total. The van der Waals surface area contributed by atoms with Crippen LogP contribution >= 0.6 is 0 Å². The molecule has 0 aliphatic rings. The Morgan fingerprint density at radius 2 is 1.60 bits per heavy atom. The van der Waals surface area contributed by atoms with Gasteiger partial charge >= 0.3 is 0 Å². The molecule has 4 aromatic rings. The lowest BCUT2D eigenvalue weighted by Gasteiger charge is -2.30. The first-order chi connectivity index (χ1) is 20.4. The first-order valence-electron chi connectivity index (χ1n) is 14.0. The molecule has 1 unspecified atom stereocenters. The Morgan fingerprint density at radius 3 is 2.28 bits per heavy atom. The van der Waals surface area contributed by atoms with E-state index in [4.69, 9.17) is 10.3 Å². The second-order valence-corrected chi connectivity index (χ2v) is 11.4. The number of rotatable bonds is 11. The van der Waals surface area contributed by atoms with Crippen LogP contribution in [-0.2, 0) is 22.4 Å². The van der Waals surface area contributed by atoms with Crippen molar-refractivity contribution in [3.05, 3.63) is 108 Å². The van der Waals surface area contributed by atoms with E-state index < -0.39 is 29.4 Å². The minimum absolute atomic E-state index is 0.102. The number of carbonyl (C=O) groups excluding carboxylic acids is 3. The summed E-state index contributed by atoms with van der Waals surface area (Å²) < 4.78 is 5.53. The highest BCUT2D eigenvalue weighted by molar-refractivity contribution is 5.93. The molecule has 1 aromatic heterocycles. The molecule has 0 fully saturated rings. The second kappa shape index (κ2) is 13.4. The van der Waals surface area contributed by atoms with Crippen molar-refractivity contribution in [3.63, 3.8) is 0 Å². The standard InChI is InChI=1S/C33H38N6O4/c1-33(2,34)18-17-28(40)35-26(20-23-15-16-24-13-9-10-14-25(24)19-23)31(41)39(5)27(21-22-11-7-6-8-12-22)30-36-29(37-43-30)32(42)38(3)4/h6-19,26-27H,20-21,34H2,1-5H3,(H,35,40)/b18-17+/t26-,27?/m1/s1. The summed E-state index contributed by atoms with van der Waals surface area (Å²) in [7, 11) is 4.82. The molecule has 3 amide bonds. The minimum atomic E-state index is -0.923. The zero-order valence-electron chi connectivity index (χ0n) is 25.2. The van der Waals surface area contributed by atoms with Crippen LogP contribution in [-0.4, -0.2) is 70.4 Å². The Kier molecular flexibility index (Phi) is 9.72. The number of amides is 3. The Hall–Kier alpha value is -4.83. The van der Waals surface area contributed by atoms with E-state index in [2.05, 4.69) is 15.5 Å². The molecule has 0 spiro atoms. The van der Waals surface area contributed by atoms with E-state index in [1.807, 2.05) is 72.8 Å². The van der Waals surface area contributed by atoms with Crippen molar-refractivity contribution >= 4 is 28.5 Å². The maximum Gasteiger partial charge on any atom is 0.294 e. The van der Waals surface area contributed by atoms with Crippen LogP contribution < -0.4 is 11.1 Å². The van der Waals surface area contributed by atoms with Gasteiger partial charge in [0.25, 0.3) is 11.7 Å². The van der Waals surface area contributed by atoms with Gasteiger partial charge in [0, 0.05) is 45.6 Å². The van der Waals surface area contributed by atoms with Crippen molar-refractivity contribution < 1.29 is 18.9 Å². The lowest BCUT2D eigenvalue weighted by molar-refractivity contribution is -0.137. The summed E-state index contributed by atoms with van der Waals surface area (Å²) in [4.78, 5) is 46.9. The number of nitrogens with one attached hydrogen (secondary N) is 1. The van der Waals surface area contributed by atoms with Gasteiger partial charge in [-0.15, -0.1) is 0 Å². The van der Waals surface area contributed by atoms with Crippen LogP contribution in [0.4, 0.5) is 0 Å². The van der Waals surface area contributed by atoms with E-state index in [9.17, 15) is 14.4 Å². The lowest BCUT2D eigenvalue weighted by Crippen LogP contribution is -2.49. The van der Waals surface area contributed by atoms with Gasteiger partial charge in [-0.2, -0.15) is 4.98 Å². The molecular formula is C33H38N6O4. The highest BCUT2D eigenvalue weighted by Gasteiger charge is 2.33. The third kappa shape index (κ3) is 8.36. The van der Waals surface area contributed by atoms with E-state index in [0.717, 1.165) is 21.9 Å². The summed E-state index contributed by atoms with van der Waals surface area (Å²) in [5, 5.41) is 8.85. The molecule has 4 rings (SSSR count). The third-order valence-corrected chi connectivity index (χ3v) is 6.94. The molecule has 3 N–H and O–H groups in total. The van der Waals surface area contributed by atoms with Crippen LogP contribution in [0.3, 0.4) is 0 Å². The smallest absolute Gasteiger partial charge is 0.294 e. The molecule has 3 aromatic carbocycles.